The molecule has 0 fully saturated rings. The van der Waals surface area contributed by atoms with Crippen molar-refractivity contribution in [2.75, 3.05) is 0 Å². The van der Waals surface area contributed by atoms with Crippen LogP contribution < -0.4 is 5.73 Å². The molecule has 0 aliphatic carbocycles. The molecule has 0 amide bonds. The lowest BCUT2D eigenvalue weighted by Crippen LogP contribution is -2.35. The van der Waals surface area contributed by atoms with Gasteiger partial charge in [0.1, 0.15) is 0 Å². The highest BCUT2D eigenvalue weighted by Gasteiger charge is 2.24. The first-order valence-electron chi connectivity index (χ1n) is 5.98. The SMILES string of the molecule is CCC(N)(CC)c1cccc2ccccc12. The maximum absolute atomic E-state index is 6.48. The molecule has 0 atom stereocenters. The summed E-state index contributed by atoms with van der Waals surface area (Å²) in [6.07, 6.45) is 1.94. The quantitative estimate of drug-likeness (QED) is 0.824. The predicted molar refractivity (Wildman–Crippen MR) is 70.4 cm³/mol. The first kappa shape index (κ1) is 11.2. The Morgan fingerprint density at radius 1 is 0.938 bits per heavy atom. The van der Waals surface area contributed by atoms with Crippen LogP contribution in [0.3, 0.4) is 0 Å². The standard InChI is InChI=1S/C15H19N/c1-3-15(16,4-2)14-11-7-9-12-8-5-6-10-13(12)14/h5-11H,3-4,16H2,1-2H3. The van der Waals surface area contributed by atoms with Gasteiger partial charge < -0.3 is 5.73 Å². The van der Waals surface area contributed by atoms with Crippen LogP contribution in [-0.4, -0.2) is 0 Å². The fourth-order valence-electron chi connectivity index (χ4n) is 2.29. The molecule has 2 aromatic carbocycles. The summed E-state index contributed by atoms with van der Waals surface area (Å²) >= 11 is 0. The molecule has 1 nitrogen and oxygen atoms in total. The summed E-state index contributed by atoms with van der Waals surface area (Å²) in [5, 5.41) is 2.56. The van der Waals surface area contributed by atoms with E-state index in [9.17, 15) is 0 Å². The highest BCUT2D eigenvalue weighted by molar-refractivity contribution is 5.86. The first-order chi connectivity index (χ1) is 7.71. The van der Waals surface area contributed by atoms with Gasteiger partial charge in [0.2, 0.25) is 0 Å². The maximum Gasteiger partial charge on any atom is 0.0410 e. The number of nitrogens with two attached hydrogens (primary N) is 1. The zero-order valence-corrected chi connectivity index (χ0v) is 10.0. The van der Waals surface area contributed by atoms with Gasteiger partial charge in [0, 0.05) is 5.54 Å². The average molecular weight is 213 g/mol. The van der Waals surface area contributed by atoms with Gasteiger partial charge in [-0.05, 0) is 29.2 Å². The molecular formula is C15H19N. The molecule has 0 spiro atoms. The van der Waals surface area contributed by atoms with E-state index in [0.717, 1.165) is 12.8 Å². The Bertz CT molecular complexity index is 478. The summed E-state index contributed by atoms with van der Waals surface area (Å²) in [6, 6.07) is 14.9. The number of fused-ring (bicyclic) bond motifs is 1. The molecule has 0 bridgehead atoms. The lowest BCUT2D eigenvalue weighted by Gasteiger charge is -2.28. The van der Waals surface area contributed by atoms with Crippen molar-refractivity contribution in [1.29, 1.82) is 0 Å². The van der Waals surface area contributed by atoms with Crippen LogP contribution in [0.5, 0.6) is 0 Å². The highest BCUT2D eigenvalue weighted by atomic mass is 14.7. The van der Waals surface area contributed by atoms with E-state index in [1.54, 1.807) is 0 Å². The third-order valence-corrected chi connectivity index (χ3v) is 3.59. The van der Waals surface area contributed by atoms with E-state index in [2.05, 4.69) is 56.3 Å². The van der Waals surface area contributed by atoms with Crippen molar-refractivity contribution >= 4 is 10.8 Å². The second kappa shape index (κ2) is 4.26. The van der Waals surface area contributed by atoms with Gasteiger partial charge in [0.15, 0.2) is 0 Å². The summed E-state index contributed by atoms with van der Waals surface area (Å²) in [4.78, 5) is 0. The van der Waals surface area contributed by atoms with E-state index >= 15 is 0 Å². The summed E-state index contributed by atoms with van der Waals surface area (Å²) in [7, 11) is 0. The Hall–Kier alpha value is -1.34. The van der Waals surface area contributed by atoms with Crippen molar-refractivity contribution in [3.05, 3.63) is 48.0 Å². The van der Waals surface area contributed by atoms with Crippen LogP contribution in [0.15, 0.2) is 42.5 Å². The van der Waals surface area contributed by atoms with Gasteiger partial charge in [-0.25, -0.2) is 0 Å². The van der Waals surface area contributed by atoms with Crippen LogP contribution in [0.4, 0.5) is 0 Å². The zero-order valence-electron chi connectivity index (χ0n) is 10.0. The molecule has 2 N–H and O–H groups in total. The third-order valence-electron chi connectivity index (χ3n) is 3.59. The van der Waals surface area contributed by atoms with Crippen molar-refractivity contribution in [3.63, 3.8) is 0 Å². The third kappa shape index (κ3) is 1.72. The van der Waals surface area contributed by atoms with Gasteiger partial charge >= 0.3 is 0 Å². The summed E-state index contributed by atoms with van der Waals surface area (Å²) in [6.45, 7) is 4.32. The average Bonchev–Trinajstić information content (AvgIpc) is 2.37. The van der Waals surface area contributed by atoms with Crippen molar-refractivity contribution < 1.29 is 0 Å². The molecule has 0 heterocycles. The van der Waals surface area contributed by atoms with Gasteiger partial charge in [-0.2, -0.15) is 0 Å². The molecule has 0 saturated heterocycles. The van der Waals surface area contributed by atoms with E-state index in [0.29, 0.717) is 0 Å². The summed E-state index contributed by atoms with van der Waals surface area (Å²) < 4.78 is 0. The van der Waals surface area contributed by atoms with E-state index in [1.807, 2.05) is 0 Å². The van der Waals surface area contributed by atoms with Crippen molar-refractivity contribution in [2.45, 2.75) is 32.2 Å². The number of hydrogen-bond donors (Lipinski definition) is 1. The Morgan fingerprint density at radius 3 is 2.25 bits per heavy atom. The van der Waals surface area contributed by atoms with E-state index in [-0.39, 0.29) is 5.54 Å². The molecule has 2 rings (SSSR count). The Labute approximate surface area is 97.3 Å². The minimum Gasteiger partial charge on any atom is -0.321 e. The molecule has 16 heavy (non-hydrogen) atoms. The highest BCUT2D eigenvalue weighted by Crippen LogP contribution is 2.31. The topological polar surface area (TPSA) is 26.0 Å². The fraction of sp³-hybridized carbons (Fsp3) is 0.333. The minimum atomic E-state index is -0.194. The molecule has 0 aromatic heterocycles. The smallest absolute Gasteiger partial charge is 0.0410 e. The molecule has 0 aliphatic rings. The van der Waals surface area contributed by atoms with Gasteiger partial charge in [-0.1, -0.05) is 56.3 Å². The monoisotopic (exact) mass is 213 g/mol. The summed E-state index contributed by atoms with van der Waals surface area (Å²) in [5.74, 6) is 0. The van der Waals surface area contributed by atoms with Gasteiger partial charge in [-0.3, -0.25) is 0 Å². The fourth-order valence-corrected chi connectivity index (χ4v) is 2.29. The van der Waals surface area contributed by atoms with Crippen molar-refractivity contribution in [3.8, 4) is 0 Å². The van der Waals surface area contributed by atoms with Gasteiger partial charge in [-0.15, -0.1) is 0 Å². The van der Waals surface area contributed by atoms with Crippen LogP contribution in [0.25, 0.3) is 10.8 Å². The number of rotatable bonds is 3. The zero-order chi connectivity index (χ0) is 11.6. The first-order valence-corrected chi connectivity index (χ1v) is 5.98. The van der Waals surface area contributed by atoms with Crippen molar-refractivity contribution in [2.24, 2.45) is 5.73 Å². The van der Waals surface area contributed by atoms with E-state index in [4.69, 9.17) is 5.73 Å². The lowest BCUT2D eigenvalue weighted by molar-refractivity contribution is 0.416. The number of hydrogen-bond acceptors (Lipinski definition) is 1. The molecular weight excluding hydrogens is 194 g/mol. The van der Waals surface area contributed by atoms with Crippen LogP contribution in [-0.2, 0) is 5.54 Å². The lowest BCUT2D eigenvalue weighted by atomic mass is 9.83. The summed E-state index contributed by atoms with van der Waals surface area (Å²) in [5.41, 5.74) is 7.56. The normalized spacial score (nSPS) is 11.9. The Morgan fingerprint density at radius 2 is 1.56 bits per heavy atom. The molecule has 84 valence electrons. The Balaban J connectivity index is 2.69. The second-order valence-electron chi connectivity index (χ2n) is 4.39. The van der Waals surface area contributed by atoms with Gasteiger partial charge in [0.25, 0.3) is 0 Å². The molecule has 0 saturated carbocycles. The van der Waals surface area contributed by atoms with Crippen LogP contribution in [0.2, 0.25) is 0 Å². The minimum absolute atomic E-state index is 0.194. The number of benzene rings is 2. The second-order valence-corrected chi connectivity index (χ2v) is 4.39. The molecule has 0 radical (unpaired) electrons. The Kier molecular flexibility index (Phi) is 2.97. The predicted octanol–water partition coefficient (Wildman–Crippen LogP) is 3.81. The van der Waals surface area contributed by atoms with E-state index in [1.165, 1.54) is 16.3 Å². The van der Waals surface area contributed by atoms with Crippen molar-refractivity contribution in [1.82, 2.24) is 0 Å². The molecule has 0 aliphatic heterocycles. The largest absolute Gasteiger partial charge is 0.321 e. The molecule has 1 heteroatoms. The van der Waals surface area contributed by atoms with Crippen LogP contribution in [0, 0.1) is 0 Å². The molecule has 2 aromatic rings. The van der Waals surface area contributed by atoms with Crippen LogP contribution >= 0.6 is 0 Å². The van der Waals surface area contributed by atoms with Gasteiger partial charge in [0.05, 0.1) is 0 Å². The maximum atomic E-state index is 6.48. The van der Waals surface area contributed by atoms with E-state index < -0.39 is 0 Å². The van der Waals surface area contributed by atoms with Crippen LogP contribution in [0.1, 0.15) is 32.3 Å². The molecule has 0 unspecified atom stereocenters.